The highest BCUT2D eigenvalue weighted by molar-refractivity contribution is 6.22. The molecule has 29 heavy (non-hydrogen) atoms. The number of aryl methyl sites for hydroxylation is 3. The highest BCUT2D eigenvalue weighted by Gasteiger charge is 2.34. The molecule has 0 saturated heterocycles. The van der Waals surface area contributed by atoms with E-state index in [4.69, 9.17) is 18.2 Å². The van der Waals surface area contributed by atoms with E-state index in [9.17, 15) is 13.6 Å². The molecule has 3 nitrogen and oxygen atoms in total. The van der Waals surface area contributed by atoms with Crippen LogP contribution >= 0.6 is 11.6 Å². The van der Waals surface area contributed by atoms with E-state index in [0.717, 1.165) is 28.3 Å². The van der Waals surface area contributed by atoms with Crippen molar-refractivity contribution < 1.29 is 8.78 Å². The van der Waals surface area contributed by atoms with Crippen molar-refractivity contribution in [2.24, 2.45) is 0 Å². The van der Waals surface area contributed by atoms with Crippen LogP contribution in [-0.2, 0) is 11.9 Å². The zero-order valence-electron chi connectivity index (χ0n) is 16.3. The Morgan fingerprint density at radius 3 is 2.34 bits per heavy atom. The predicted octanol–water partition coefficient (Wildman–Crippen LogP) is 6.33. The Balaban J connectivity index is 2.33. The molecule has 3 rings (SSSR count). The van der Waals surface area contributed by atoms with Crippen LogP contribution in [0.2, 0.25) is 0 Å². The first-order valence-corrected chi connectivity index (χ1v) is 9.35. The van der Waals surface area contributed by atoms with Gasteiger partial charge < -0.3 is 4.57 Å². The fourth-order valence-electron chi connectivity index (χ4n) is 3.35. The minimum Gasteiger partial charge on any atom is -0.313 e. The molecule has 148 valence electrons. The third-order valence-corrected chi connectivity index (χ3v) is 5.04. The standard InChI is InChI=1S/C23H19ClF2N2O/c1-14-6-5-7-17(11-14)20-12-19(23(24,25)26)21(27-4)22(29)28(20)13-18-9-8-15(2)10-16(18)3/h5-12H,13H2,1-3H3. The maximum atomic E-state index is 14.0. The molecule has 0 aliphatic heterocycles. The van der Waals surface area contributed by atoms with Crippen molar-refractivity contribution in [1.82, 2.24) is 4.57 Å². The van der Waals surface area contributed by atoms with Crippen LogP contribution in [0.5, 0.6) is 0 Å². The minimum atomic E-state index is -3.82. The van der Waals surface area contributed by atoms with Gasteiger partial charge in [-0.15, -0.1) is 0 Å². The van der Waals surface area contributed by atoms with Gasteiger partial charge in [0.1, 0.15) is 0 Å². The van der Waals surface area contributed by atoms with Gasteiger partial charge in [-0.2, -0.15) is 8.78 Å². The molecule has 0 N–H and O–H groups in total. The van der Waals surface area contributed by atoms with Crippen molar-refractivity contribution in [2.45, 2.75) is 32.7 Å². The van der Waals surface area contributed by atoms with Crippen LogP contribution < -0.4 is 5.56 Å². The molecule has 0 unspecified atom stereocenters. The number of pyridine rings is 1. The highest BCUT2D eigenvalue weighted by atomic mass is 35.5. The first-order chi connectivity index (χ1) is 13.6. The van der Waals surface area contributed by atoms with Gasteiger partial charge in [0, 0.05) is 5.69 Å². The Morgan fingerprint density at radius 2 is 1.76 bits per heavy atom. The first kappa shape index (κ1) is 20.8. The number of hydrogen-bond acceptors (Lipinski definition) is 1. The van der Waals surface area contributed by atoms with Gasteiger partial charge in [-0.05, 0) is 61.2 Å². The van der Waals surface area contributed by atoms with Crippen LogP contribution in [0.1, 0.15) is 27.8 Å². The van der Waals surface area contributed by atoms with E-state index in [2.05, 4.69) is 4.85 Å². The third-order valence-electron chi connectivity index (χ3n) is 4.83. The summed E-state index contributed by atoms with van der Waals surface area (Å²) in [5.41, 5.74) is 2.52. The van der Waals surface area contributed by atoms with Crippen LogP contribution in [0.4, 0.5) is 14.5 Å². The van der Waals surface area contributed by atoms with E-state index in [1.807, 2.05) is 45.0 Å². The fourth-order valence-corrected chi connectivity index (χ4v) is 3.50. The van der Waals surface area contributed by atoms with Crippen LogP contribution in [0.3, 0.4) is 0 Å². The lowest BCUT2D eigenvalue weighted by atomic mass is 10.0. The summed E-state index contributed by atoms with van der Waals surface area (Å²) in [7, 11) is 0. The van der Waals surface area contributed by atoms with Crippen molar-refractivity contribution in [3.05, 3.63) is 98.1 Å². The molecule has 0 atom stereocenters. The monoisotopic (exact) mass is 412 g/mol. The number of hydrogen-bond donors (Lipinski definition) is 0. The van der Waals surface area contributed by atoms with Crippen molar-refractivity contribution in [1.29, 1.82) is 0 Å². The Hall–Kier alpha value is -2.97. The maximum Gasteiger partial charge on any atom is 0.339 e. The van der Waals surface area contributed by atoms with E-state index in [0.29, 0.717) is 11.3 Å². The second-order valence-electron chi connectivity index (χ2n) is 7.09. The van der Waals surface area contributed by atoms with Crippen LogP contribution in [0, 0.1) is 27.3 Å². The summed E-state index contributed by atoms with van der Waals surface area (Å²) >= 11 is 5.24. The Bertz CT molecular complexity index is 1190. The largest absolute Gasteiger partial charge is 0.339 e. The number of halogens is 3. The molecular weight excluding hydrogens is 394 g/mol. The van der Waals surface area contributed by atoms with Gasteiger partial charge in [-0.3, -0.25) is 4.79 Å². The number of aromatic nitrogens is 1. The van der Waals surface area contributed by atoms with Gasteiger partial charge in [0.25, 0.3) is 11.2 Å². The maximum absolute atomic E-state index is 14.0. The summed E-state index contributed by atoms with van der Waals surface area (Å²) in [5.74, 6) is 0. The molecule has 1 heterocycles. The molecule has 0 saturated carbocycles. The summed E-state index contributed by atoms with van der Waals surface area (Å²) in [6, 6.07) is 14.2. The molecule has 0 spiro atoms. The molecule has 1 aromatic heterocycles. The second-order valence-corrected chi connectivity index (χ2v) is 7.57. The van der Waals surface area contributed by atoms with Gasteiger partial charge in [-0.1, -0.05) is 47.5 Å². The van der Waals surface area contributed by atoms with E-state index in [-0.39, 0.29) is 6.54 Å². The van der Waals surface area contributed by atoms with E-state index in [1.165, 1.54) is 4.57 Å². The molecule has 0 aliphatic rings. The first-order valence-electron chi connectivity index (χ1n) is 8.97. The molecule has 6 heteroatoms. The highest BCUT2D eigenvalue weighted by Crippen LogP contribution is 2.39. The lowest BCUT2D eigenvalue weighted by Crippen LogP contribution is -2.25. The molecule has 0 radical (unpaired) electrons. The summed E-state index contributed by atoms with van der Waals surface area (Å²) in [4.78, 5) is 16.2. The molecule has 0 fully saturated rings. The molecular formula is C23H19ClF2N2O. The van der Waals surface area contributed by atoms with Gasteiger partial charge in [0.15, 0.2) is 0 Å². The molecule has 3 aromatic rings. The van der Waals surface area contributed by atoms with Gasteiger partial charge >= 0.3 is 5.38 Å². The summed E-state index contributed by atoms with van der Waals surface area (Å²) in [6.45, 7) is 13.2. The normalized spacial score (nSPS) is 11.3. The van der Waals surface area contributed by atoms with Crippen molar-refractivity contribution in [2.75, 3.05) is 0 Å². The summed E-state index contributed by atoms with van der Waals surface area (Å²) in [5, 5.41) is -3.82. The molecule has 0 aliphatic carbocycles. The smallest absolute Gasteiger partial charge is 0.313 e. The SMILES string of the molecule is [C-]#[N+]c1c(C(F)(F)Cl)cc(-c2cccc(C)c2)n(Cc2ccc(C)cc2C)c1=O. The Kier molecular flexibility index (Phi) is 5.59. The topological polar surface area (TPSA) is 26.4 Å². The number of benzene rings is 2. The van der Waals surface area contributed by atoms with E-state index >= 15 is 0 Å². The zero-order chi connectivity index (χ0) is 21.3. The number of alkyl halides is 3. The zero-order valence-corrected chi connectivity index (χ0v) is 17.0. The lowest BCUT2D eigenvalue weighted by Gasteiger charge is -2.19. The van der Waals surface area contributed by atoms with Gasteiger partial charge in [-0.25, -0.2) is 4.85 Å². The number of rotatable bonds is 4. The van der Waals surface area contributed by atoms with Crippen molar-refractivity contribution >= 4 is 17.3 Å². The molecule has 0 amide bonds. The van der Waals surface area contributed by atoms with Crippen LogP contribution in [-0.4, -0.2) is 4.57 Å². The predicted molar refractivity (Wildman–Crippen MR) is 112 cm³/mol. The van der Waals surface area contributed by atoms with Crippen LogP contribution in [0.25, 0.3) is 16.1 Å². The Morgan fingerprint density at radius 1 is 1.07 bits per heavy atom. The van der Waals surface area contributed by atoms with E-state index < -0.39 is 22.2 Å². The Labute approximate surface area is 173 Å². The summed E-state index contributed by atoms with van der Waals surface area (Å²) in [6.07, 6.45) is 0. The lowest BCUT2D eigenvalue weighted by molar-refractivity contribution is 0.0958. The number of nitrogens with zero attached hydrogens (tertiary/aromatic N) is 2. The van der Waals surface area contributed by atoms with Crippen molar-refractivity contribution in [3.8, 4) is 11.3 Å². The van der Waals surface area contributed by atoms with Crippen LogP contribution in [0.15, 0.2) is 53.3 Å². The second kappa shape index (κ2) is 7.81. The quantitative estimate of drug-likeness (QED) is 0.363. The van der Waals surface area contributed by atoms with Gasteiger partial charge in [0.2, 0.25) is 0 Å². The molecule has 0 bridgehead atoms. The minimum absolute atomic E-state index is 0.158. The average Bonchev–Trinajstić information content (AvgIpc) is 2.64. The summed E-state index contributed by atoms with van der Waals surface area (Å²) < 4.78 is 29.4. The fraction of sp³-hybridized carbons (Fsp3) is 0.217. The van der Waals surface area contributed by atoms with E-state index in [1.54, 1.807) is 18.2 Å². The van der Waals surface area contributed by atoms with Crippen molar-refractivity contribution in [3.63, 3.8) is 0 Å². The van der Waals surface area contributed by atoms with Gasteiger partial charge in [0.05, 0.1) is 18.7 Å². The molecule has 2 aromatic carbocycles. The average molecular weight is 413 g/mol. The third kappa shape index (κ3) is 4.23.